The van der Waals surface area contributed by atoms with Crippen LogP contribution in [-0.2, 0) is 14.9 Å². The minimum atomic E-state index is -0.476. The van der Waals surface area contributed by atoms with E-state index in [1.807, 2.05) is 30.5 Å². The van der Waals surface area contributed by atoms with Crippen LogP contribution in [0.4, 0.5) is 0 Å². The molecule has 4 rings (SSSR count). The van der Waals surface area contributed by atoms with Gasteiger partial charge in [-0.15, -0.1) is 11.3 Å². The highest BCUT2D eigenvalue weighted by Crippen LogP contribution is 2.39. The van der Waals surface area contributed by atoms with Crippen LogP contribution in [0.3, 0.4) is 0 Å². The fourth-order valence-electron chi connectivity index (χ4n) is 5.73. The standard InChI is InChI=1S/C39H48O5S/c1-7-29(31-14-20-36(21-15-31)44-28(3)42-22-23-43-38(41)37-9-8-24-45-37)26-33(32-12-18-35(40)19-13-32)25-27(2)30-10-16-34(17-11-30)39(4,5)6/h8-21,24,27-29,33,40H,7,22-23,25-26H2,1-6H3. The Balaban J connectivity index is 1.36. The van der Waals surface area contributed by atoms with E-state index in [-0.39, 0.29) is 24.6 Å². The summed E-state index contributed by atoms with van der Waals surface area (Å²) in [6.45, 7) is 13.6. The zero-order valence-electron chi connectivity index (χ0n) is 27.5. The number of hydrogen-bond donors (Lipinski definition) is 1. The van der Waals surface area contributed by atoms with Crippen molar-refractivity contribution in [2.75, 3.05) is 13.2 Å². The van der Waals surface area contributed by atoms with Gasteiger partial charge in [0.05, 0.1) is 6.61 Å². The van der Waals surface area contributed by atoms with E-state index in [2.05, 4.69) is 83.1 Å². The van der Waals surface area contributed by atoms with Gasteiger partial charge in [0.15, 0.2) is 6.29 Å². The Bertz CT molecular complexity index is 1440. The van der Waals surface area contributed by atoms with E-state index in [9.17, 15) is 9.90 Å². The van der Waals surface area contributed by atoms with E-state index in [0.717, 1.165) is 25.0 Å². The molecule has 4 unspecified atom stereocenters. The lowest BCUT2D eigenvalue weighted by atomic mass is 9.78. The summed E-state index contributed by atoms with van der Waals surface area (Å²) in [4.78, 5) is 12.5. The third kappa shape index (κ3) is 10.2. The molecule has 0 aliphatic heterocycles. The first kappa shape index (κ1) is 34.3. The molecule has 5 nitrogen and oxygen atoms in total. The number of phenols is 1. The number of ether oxygens (including phenoxy) is 3. The van der Waals surface area contributed by atoms with Crippen LogP contribution in [0.2, 0.25) is 0 Å². The molecular weight excluding hydrogens is 580 g/mol. The number of esters is 1. The van der Waals surface area contributed by atoms with Crippen molar-refractivity contribution >= 4 is 17.3 Å². The molecule has 4 aromatic rings. The Hall–Kier alpha value is -3.61. The maximum atomic E-state index is 12.0. The maximum Gasteiger partial charge on any atom is 0.348 e. The third-order valence-corrected chi connectivity index (χ3v) is 9.31. The van der Waals surface area contributed by atoms with Gasteiger partial charge in [0, 0.05) is 0 Å². The van der Waals surface area contributed by atoms with Crippen molar-refractivity contribution in [3.8, 4) is 11.5 Å². The maximum absolute atomic E-state index is 12.0. The van der Waals surface area contributed by atoms with Gasteiger partial charge in [-0.05, 0) is 107 Å². The van der Waals surface area contributed by atoms with E-state index in [1.54, 1.807) is 18.2 Å². The molecule has 6 heteroatoms. The topological polar surface area (TPSA) is 65.0 Å². The SMILES string of the molecule is CCC(CC(CC(C)c1ccc(C(C)(C)C)cc1)c1ccc(O)cc1)c1ccc(OC(C)OCCOC(=O)c2cccs2)cc1. The average molecular weight is 629 g/mol. The zero-order chi connectivity index (χ0) is 32.4. The number of hydrogen-bond acceptors (Lipinski definition) is 6. The summed E-state index contributed by atoms with van der Waals surface area (Å²) in [5.74, 6) is 1.81. The van der Waals surface area contributed by atoms with Gasteiger partial charge in [-0.3, -0.25) is 0 Å². The summed E-state index contributed by atoms with van der Waals surface area (Å²) in [5.41, 5.74) is 5.39. The fourth-order valence-corrected chi connectivity index (χ4v) is 6.35. The van der Waals surface area contributed by atoms with E-state index in [1.165, 1.54) is 33.6 Å². The first-order valence-electron chi connectivity index (χ1n) is 16.0. The second-order valence-electron chi connectivity index (χ2n) is 12.9. The number of thiophene rings is 1. The van der Waals surface area contributed by atoms with Crippen molar-refractivity contribution in [2.45, 2.75) is 90.3 Å². The average Bonchev–Trinajstić information content (AvgIpc) is 3.57. The molecule has 0 bridgehead atoms. The summed E-state index contributed by atoms with van der Waals surface area (Å²) in [6.07, 6.45) is 2.58. The molecular formula is C39H48O5S. The predicted octanol–water partition coefficient (Wildman–Crippen LogP) is 10.2. The zero-order valence-corrected chi connectivity index (χ0v) is 28.3. The summed E-state index contributed by atoms with van der Waals surface area (Å²) in [6, 6.07) is 28.8. The summed E-state index contributed by atoms with van der Waals surface area (Å²) >= 11 is 1.36. The molecule has 1 aromatic heterocycles. The molecule has 1 N–H and O–H groups in total. The normalized spacial score (nSPS) is 14.4. The molecule has 0 aliphatic rings. The Kier molecular flexibility index (Phi) is 12.3. The molecule has 45 heavy (non-hydrogen) atoms. The van der Waals surface area contributed by atoms with Gasteiger partial charge in [0.25, 0.3) is 0 Å². The van der Waals surface area contributed by atoms with Gasteiger partial charge in [-0.1, -0.05) is 89.2 Å². The fraction of sp³-hybridized carbons (Fsp3) is 0.410. The van der Waals surface area contributed by atoms with Crippen LogP contribution in [0.1, 0.15) is 110 Å². The highest BCUT2D eigenvalue weighted by Gasteiger charge is 2.23. The molecule has 0 saturated heterocycles. The van der Waals surface area contributed by atoms with E-state index < -0.39 is 6.29 Å². The molecule has 0 fully saturated rings. The van der Waals surface area contributed by atoms with Crippen LogP contribution in [0.15, 0.2) is 90.3 Å². The van der Waals surface area contributed by atoms with Crippen molar-refractivity contribution in [1.82, 2.24) is 0 Å². The van der Waals surface area contributed by atoms with Crippen molar-refractivity contribution < 1.29 is 24.1 Å². The number of carbonyl (C=O) groups is 1. The summed E-state index contributed by atoms with van der Waals surface area (Å²) < 4.78 is 16.9. The van der Waals surface area contributed by atoms with Crippen molar-refractivity contribution in [3.63, 3.8) is 0 Å². The number of benzene rings is 3. The lowest BCUT2D eigenvalue weighted by Gasteiger charge is -2.27. The minimum Gasteiger partial charge on any atom is -0.508 e. The van der Waals surface area contributed by atoms with Gasteiger partial charge < -0.3 is 19.3 Å². The van der Waals surface area contributed by atoms with Gasteiger partial charge in [-0.25, -0.2) is 4.79 Å². The van der Waals surface area contributed by atoms with Crippen LogP contribution in [-0.4, -0.2) is 30.6 Å². The van der Waals surface area contributed by atoms with Crippen LogP contribution < -0.4 is 4.74 Å². The molecule has 4 atom stereocenters. The predicted molar refractivity (Wildman–Crippen MR) is 184 cm³/mol. The van der Waals surface area contributed by atoms with Gasteiger partial charge >= 0.3 is 5.97 Å². The smallest absolute Gasteiger partial charge is 0.348 e. The lowest BCUT2D eigenvalue weighted by molar-refractivity contribution is -0.0783. The quantitative estimate of drug-likeness (QED) is 0.0806. The highest BCUT2D eigenvalue weighted by molar-refractivity contribution is 7.11. The summed E-state index contributed by atoms with van der Waals surface area (Å²) in [5, 5.41) is 11.8. The van der Waals surface area contributed by atoms with Crippen molar-refractivity contribution in [2.24, 2.45) is 0 Å². The van der Waals surface area contributed by atoms with Gasteiger partial charge in [0.2, 0.25) is 0 Å². The van der Waals surface area contributed by atoms with Crippen molar-refractivity contribution in [3.05, 3.63) is 117 Å². The number of phenolic OH excluding ortho intramolecular Hbond substituents is 1. The highest BCUT2D eigenvalue weighted by atomic mass is 32.1. The molecule has 240 valence electrons. The largest absolute Gasteiger partial charge is 0.508 e. The van der Waals surface area contributed by atoms with Gasteiger partial charge in [-0.2, -0.15) is 0 Å². The second kappa shape index (κ2) is 16.1. The van der Waals surface area contributed by atoms with Crippen LogP contribution in [0.25, 0.3) is 0 Å². The second-order valence-corrected chi connectivity index (χ2v) is 13.8. The molecule has 0 saturated carbocycles. The third-order valence-electron chi connectivity index (χ3n) is 8.46. The molecule has 1 heterocycles. The van der Waals surface area contributed by atoms with E-state index >= 15 is 0 Å². The molecule has 0 radical (unpaired) electrons. The molecule has 0 spiro atoms. The first-order chi connectivity index (χ1) is 21.5. The Labute approximate surface area is 273 Å². The number of aromatic hydroxyl groups is 1. The molecule has 3 aromatic carbocycles. The van der Waals surface area contributed by atoms with Gasteiger partial charge in [0.1, 0.15) is 23.0 Å². The Morgan fingerprint density at radius 3 is 2.02 bits per heavy atom. The van der Waals surface area contributed by atoms with E-state index in [4.69, 9.17) is 14.2 Å². The molecule has 0 amide bonds. The summed E-state index contributed by atoms with van der Waals surface area (Å²) in [7, 11) is 0. The lowest BCUT2D eigenvalue weighted by Crippen LogP contribution is -2.20. The number of rotatable bonds is 15. The molecule has 0 aliphatic carbocycles. The minimum absolute atomic E-state index is 0.136. The number of carbonyl (C=O) groups excluding carboxylic acids is 1. The van der Waals surface area contributed by atoms with Crippen LogP contribution >= 0.6 is 11.3 Å². The first-order valence-corrected chi connectivity index (χ1v) is 16.9. The Morgan fingerprint density at radius 1 is 0.800 bits per heavy atom. The van der Waals surface area contributed by atoms with Crippen LogP contribution in [0, 0.1) is 0 Å². The monoisotopic (exact) mass is 628 g/mol. The van der Waals surface area contributed by atoms with Crippen molar-refractivity contribution in [1.29, 1.82) is 0 Å². The van der Waals surface area contributed by atoms with Crippen LogP contribution in [0.5, 0.6) is 11.5 Å². The van der Waals surface area contributed by atoms with E-state index in [0.29, 0.717) is 28.4 Å². The Morgan fingerprint density at radius 2 is 1.42 bits per heavy atom.